The lowest BCUT2D eigenvalue weighted by atomic mass is 10.0. The van der Waals surface area contributed by atoms with E-state index >= 15 is 0 Å². The first-order valence-electron chi connectivity index (χ1n) is 8.57. The molecule has 0 spiro atoms. The van der Waals surface area contributed by atoms with Crippen molar-refractivity contribution in [3.8, 4) is 5.75 Å². The van der Waals surface area contributed by atoms with Gasteiger partial charge in [0.1, 0.15) is 6.67 Å². The second-order valence-corrected chi connectivity index (χ2v) is 5.97. The lowest BCUT2D eigenvalue weighted by Crippen LogP contribution is -2.24. The highest BCUT2D eigenvalue weighted by Crippen LogP contribution is 2.24. The van der Waals surface area contributed by atoms with Gasteiger partial charge in [-0.25, -0.2) is 4.39 Å². The minimum Gasteiger partial charge on any atom is -0.491 e. The summed E-state index contributed by atoms with van der Waals surface area (Å²) in [5, 5.41) is 4.36. The second-order valence-electron chi connectivity index (χ2n) is 5.97. The van der Waals surface area contributed by atoms with E-state index in [1.54, 1.807) is 6.07 Å². The molecule has 132 valence electrons. The van der Waals surface area contributed by atoms with Gasteiger partial charge in [-0.3, -0.25) is 9.67 Å². The number of ether oxygens (including phenoxy) is 1. The number of rotatable bonds is 6. The molecule has 0 amide bonds. The average molecular weight is 342 g/mol. The van der Waals surface area contributed by atoms with Crippen molar-refractivity contribution in [1.82, 2.24) is 9.78 Å². The zero-order valence-corrected chi connectivity index (χ0v) is 14.9. The molecule has 1 aliphatic heterocycles. The summed E-state index contributed by atoms with van der Waals surface area (Å²) in [6.45, 7) is 7.77. The van der Waals surface area contributed by atoms with Crippen LogP contribution < -0.4 is 9.64 Å². The molecule has 2 aromatic rings. The first-order chi connectivity index (χ1) is 12.1. The van der Waals surface area contributed by atoms with Crippen LogP contribution in [0.4, 0.5) is 10.1 Å². The minimum absolute atomic E-state index is 0.272. The van der Waals surface area contributed by atoms with Crippen molar-refractivity contribution in [1.29, 1.82) is 0 Å². The van der Waals surface area contributed by atoms with Gasteiger partial charge in [-0.15, -0.1) is 0 Å². The third-order valence-electron chi connectivity index (χ3n) is 4.01. The Labute approximate surface area is 147 Å². The van der Waals surface area contributed by atoms with Gasteiger partial charge in [0.05, 0.1) is 24.2 Å². The van der Waals surface area contributed by atoms with Gasteiger partial charge in [0.2, 0.25) is 0 Å². The Kier molecular flexibility index (Phi) is 5.16. The highest BCUT2D eigenvalue weighted by molar-refractivity contribution is 6.13. The molecule has 2 heterocycles. The zero-order valence-electron chi connectivity index (χ0n) is 14.9. The van der Waals surface area contributed by atoms with Crippen molar-refractivity contribution >= 4 is 11.4 Å². The molecule has 0 saturated heterocycles. The predicted molar refractivity (Wildman–Crippen MR) is 97.7 cm³/mol. The summed E-state index contributed by atoms with van der Waals surface area (Å²) < 4.78 is 21.3. The third kappa shape index (κ3) is 3.73. The van der Waals surface area contributed by atoms with Gasteiger partial charge < -0.3 is 9.64 Å². The Hall–Kier alpha value is -2.63. The fraction of sp³-hybridized carbons (Fsp3) is 0.368. The molecule has 1 aromatic carbocycles. The van der Waals surface area contributed by atoms with E-state index in [9.17, 15) is 4.39 Å². The lowest BCUT2D eigenvalue weighted by molar-refractivity contribution is 0.321. The van der Waals surface area contributed by atoms with E-state index in [-0.39, 0.29) is 11.6 Å². The van der Waals surface area contributed by atoms with Gasteiger partial charge in [-0.2, -0.15) is 5.10 Å². The molecule has 5 nitrogen and oxygen atoms in total. The number of anilines is 1. The number of allylic oxidation sites excluding steroid dienone is 1. The van der Waals surface area contributed by atoms with Crippen LogP contribution in [0.5, 0.6) is 5.75 Å². The monoisotopic (exact) mass is 342 g/mol. The molecular weight excluding hydrogens is 319 g/mol. The van der Waals surface area contributed by atoms with Gasteiger partial charge in [0, 0.05) is 24.5 Å². The Morgan fingerprint density at radius 3 is 2.80 bits per heavy atom. The first-order valence-corrected chi connectivity index (χ1v) is 8.57. The molecule has 0 unspecified atom stereocenters. The van der Waals surface area contributed by atoms with Crippen LogP contribution in [-0.4, -0.2) is 28.8 Å². The van der Waals surface area contributed by atoms with E-state index in [1.807, 2.05) is 48.1 Å². The SMILES string of the molecule is CCCn1cc(N2C=C(C)C(c3ccc(OCC)c(F)c3)=NC2)cn1. The molecule has 3 rings (SSSR count). The van der Waals surface area contributed by atoms with Gasteiger partial charge >= 0.3 is 0 Å². The van der Waals surface area contributed by atoms with Crippen LogP contribution in [0.25, 0.3) is 0 Å². The zero-order chi connectivity index (χ0) is 17.8. The van der Waals surface area contributed by atoms with Gasteiger partial charge in [-0.05, 0) is 44.0 Å². The Balaban J connectivity index is 1.78. The number of benzene rings is 1. The molecule has 0 aliphatic carbocycles. The van der Waals surface area contributed by atoms with Crippen LogP contribution in [0, 0.1) is 5.82 Å². The van der Waals surface area contributed by atoms with Crippen LogP contribution >= 0.6 is 0 Å². The molecule has 1 aromatic heterocycles. The molecule has 25 heavy (non-hydrogen) atoms. The maximum atomic E-state index is 14.1. The standard InChI is InChI=1S/C19H23FN4O/c1-4-8-24-12-16(10-22-24)23-11-14(3)19(21-13-23)15-6-7-18(25-5-2)17(20)9-15/h6-7,9-12H,4-5,8,13H2,1-3H3. The summed E-state index contributed by atoms with van der Waals surface area (Å²) in [4.78, 5) is 6.68. The summed E-state index contributed by atoms with van der Waals surface area (Å²) in [6.07, 6.45) is 6.94. The topological polar surface area (TPSA) is 42.6 Å². The highest BCUT2D eigenvalue weighted by Gasteiger charge is 2.17. The molecule has 0 N–H and O–H groups in total. The number of aryl methyl sites for hydroxylation is 1. The Morgan fingerprint density at radius 2 is 2.12 bits per heavy atom. The molecule has 0 radical (unpaired) electrons. The smallest absolute Gasteiger partial charge is 0.165 e. The van der Waals surface area contributed by atoms with Crippen LogP contribution in [0.15, 0.2) is 47.4 Å². The fourth-order valence-corrected chi connectivity index (χ4v) is 2.86. The van der Waals surface area contributed by atoms with Crippen molar-refractivity contribution in [3.05, 3.63) is 53.7 Å². The van der Waals surface area contributed by atoms with Gasteiger partial charge in [0.25, 0.3) is 0 Å². The van der Waals surface area contributed by atoms with Crippen LogP contribution in [0.2, 0.25) is 0 Å². The largest absolute Gasteiger partial charge is 0.491 e. The fourth-order valence-electron chi connectivity index (χ4n) is 2.86. The summed E-state index contributed by atoms with van der Waals surface area (Å²) in [6, 6.07) is 4.99. The number of halogens is 1. The van der Waals surface area contributed by atoms with Gasteiger partial charge in [-0.1, -0.05) is 6.92 Å². The number of hydrogen-bond donors (Lipinski definition) is 0. The van der Waals surface area contributed by atoms with Crippen molar-refractivity contribution in [2.45, 2.75) is 33.7 Å². The van der Waals surface area contributed by atoms with E-state index in [0.29, 0.717) is 13.3 Å². The van der Waals surface area contributed by atoms with E-state index < -0.39 is 0 Å². The molecule has 1 aliphatic rings. The molecule has 0 saturated carbocycles. The second kappa shape index (κ2) is 7.51. The molecule has 6 heteroatoms. The van der Waals surface area contributed by atoms with E-state index in [2.05, 4.69) is 17.0 Å². The molecule has 0 atom stereocenters. The summed E-state index contributed by atoms with van der Waals surface area (Å²) >= 11 is 0. The Morgan fingerprint density at radius 1 is 1.28 bits per heavy atom. The quantitative estimate of drug-likeness (QED) is 0.797. The number of hydrogen-bond acceptors (Lipinski definition) is 4. The molecular formula is C19H23FN4O. The van der Waals surface area contributed by atoms with Crippen LogP contribution in [-0.2, 0) is 6.54 Å². The summed E-state index contributed by atoms with van der Waals surface area (Å²) in [5.41, 5.74) is 3.56. The summed E-state index contributed by atoms with van der Waals surface area (Å²) in [7, 11) is 0. The van der Waals surface area contributed by atoms with Crippen LogP contribution in [0.1, 0.15) is 32.8 Å². The van der Waals surface area contributed by atoms with E-state index in [4.69, 9.17) is 4.74 Å². The van der Waals surface area contributed by atoms with Crippen molar-refractivity contribution < 1.29 is 9.13 Å². The van der Waals surface area contributed by atoms with Crippen molar-refractivity contribution in [2.24, 2.45) is 4.99 Å². The predicted octanol–water partition coefficient (Wildman–Crippen LogP) is 4.00. The number of aromatic nitrogens is 2. The maximum absolute atomic E-state index is 14.1. The number of aliphatic imine (C=N–C) groups is 1. The summed E-state index contributed by atoms with van der Waals surface area (Å²) in [5.74, 6) is -0.0904. The normalized spacial score (nSPS) is 14.3. The third-order valence-corrected chi connectivity index (χ3v) is 4.01. The minimum atomic E-state index is -0.363. The average Bonchev–Trinajstić information content (AvgIpc) is 3.06. The van der Waals surface area contributed by atoms with E-state index in [0.717, 1.165) is 35.5 Å². The van der Waals surface area contributed by atoms with Crippen molar-refractivity contribution in [3.63, 3.8) is 0 Å². The molecule has 0 fully saturated rings. The number of nitrogens with zero attached hydrogens (tertiary/aromatic N) is 4. The van der Waals surface area contributed by atoms with Gasteiger partial charge in [0.15, 0.2) is 11.6 Å². The van der Waals surface area contributed by atoms with E-state index in [1.165, 1.54) is 6.07 Å². The molecule has 0 bridgehead atoms. The van der Waals surface area contributed by atoms with Crippen molar-refractivity contribution in [2.75, 3.05) is 18.2 Å². The van der Waals surface area contributed by atoms with Crippen LogP contribution in [0.3, 0.4) is 0 Å². The highest BCUT2D eigenvalue weighted by atomic mass is 19.1. The lowest BCUT2D eigenvalue weighted by Gasteiger charge is -2.23. The first kappa shape index (κ1) is 17.2. The maximum Gasteiger partial charge on any atom is 0.165 e. The Bertz CT molecular complexity index is 810.